The average molecular weight is 287 g/mol. The number of thiocarbonyl (C=S) groups is 1. The number of hydrogen-bond donors (Lipinski definition) is 0. The molecule has 0 bridgehead atoms. The van der Waals surface area contributed by atoms with E-state index in [9.17, 15) is 0 Å². The first-order chi connectivity index (χ1) is 9.86. The number of isothiocyanates is 1. The van der Waals surface area contributed by atoms with Crippen molar-refractivity contribution < 1.29 is 0 Å². The van der Waals surface area contributed by atoms with Crippen LogP contribution in [-0.2, 0) is 0 Å². The summed E-state index contributed by atoms with van der Waals surface area (Å²) in [7, 11) is 0. The van der Waals surface area contributed by atoms with E-state index in [2.05, 4.69) is 44.3 Å². The number of anilines is 1. The minimum Gasteiger partial charge on any atom is -0.371 e. The lowest BCUT2D eigenvalue weighted by Crippen LogP contribution is -2.43. The van der Waals surface area contributed by atoms with Crippen molar-refractivity contribution in [1.29, 1.82) is 0 Å². The Morgan fingerprint density at radius 2 is 1.65 bits per heavy atom. The van der Waals surface area contributed by atoms with Gasteiger partial charge < -0.3 is 9.80 Å². The van der Waals surface area contributed by atoms with E-state index in [0.29, 0.717) is 0 Å². The van der Waals surface area contributed by atoms with E-state index in [0.717, 1.165) is 24.8 Å². The normalized spacial score (nSPS) is 20.9. The summed E-state index contributed by atoms with van der Waals surface area (Å²) in [5.74, 6) is 0. The molecule has 1 aromatic rings. The van der Waals surface area contributed by atoms with Crippen LogP contribution in [0.25, 0.3) is 0 Å². The van der Waals surface area contributed by atoms with Crippen molar-refractivity contribution in [2.75, 3.05) is 31.1 Å². The molecule has 2 heterocycles. The molecule has 3 rings (SSSR count). The molecule has 0 N–H and O–H groups in total. The van der Waals surface area contributed by atoms with Gasteiger partial charge in [-0.25, -0.2) is 0 Å². The summed E-state index contributed by atoms with van der Waals surface area (Å²) in [6, 6.07) is 9.12. The summed E-state index contributed by atoms with van der Waals surface area (Å²) in [5, 5.41) is 2.41. The fraction of sp³-hybridized carbons (Fsp3) is 0.562. The Hall–Kier alpha value is -1.22. The zero-order chi connectivity index (χ0) is 13.8. The Morgan fingerprint density at radius 3 is 2.25 bits per heavy atom. The lowest BCUT2D eigenvalue weighted by atomic mass is 10.0. The van der Waals surface area contributed by atoms with E-state index in [1.54, 1.807) is 0 Å². The summed E-state index contributed by atoms with van der Waals surface area (Å²) >= 11 is 4.63. The fourth-order valence-corrected chi connectivity index (χ4v) is 3.49. The molecule has 0 aromatic heterocycles. The van der Waals surface area contributed by atoms with E-state index < -0.39 is 0 Å². The van der Waals surface area contributed by atoms with Gasteiger partial charge >= 0.3 is 0 Å². The van der Waals surface area contributed by atoms with Gasteiger partial charge in [-0.05, 0) is 75.3 Å². The smallest absolute Gasteiger partial charge is 0.0741 e. The average Bonchev–Trinajstić information content (AvgIpc) is 3.03. The number of likely N-dealkylation sites (tertiary alicyclic amines) is 1. The van der Waals surface area contributed by atoms with Crippen LogP contribution >= 0.6 is 12.2 Å². The van der Waals surface area contributed by atoms with Crippen LogP contribution < -0.4 is 4.90 Å². The highest BCUT2D eigenvalue weighted by atomic mass is 32.1. The van der Waals surface area contributed by atoms with E-state index in [1.807, 2.05) is 12.1 Å². The molecule has 0 saturated carbocycles. The highest BCUT2D eigenvalue weighted by molar-refractivity contribution is 7.78. The summed E-state index contributed by atoms with van der Waals surface area (Å²) in [6.45, 7) is 4.96. The minimum absolute atomic E-state index is 0.812. The molecular weight excluding hydrogens is 266 g/mol. The van der Waals surface area contributed by atoms with Crippen LogP contribution in [0.2, 0.25) is 0 Å². The van der Waals surface area contributed by atoms with Crippen LogP contribution in [0.3, 0.4) is 0 Å². The molecule has 4 heteroatoms. The molecule has 0 spiro atoms. The van der Waals surface area contributed by atoms with Gasteiger partial charge in [0.2, 0.25) is 0 Å². The number of hydrogen-bond acceptors (Lipinski definition) is 4. The van der Waals surface area contributed by atoms with Crippen molar-refractivity contribution in [3.8, 4) is 0 Å². The van der Waals surface area contributed by atoms with Gasteiger partial charge in [0, 0.05) is 24.8 Å². The molecule has 0 atom stereocenters. The first-order valence-corrected chi connectivity index (χ1v) is 7.94. The van der Waals surface area contributed by atoms with E-state index in [1.165, 1.54) is 44.5 Å². The summed E-state index contributed by atoms with van der Waals surface area (Å²) in [5.41, 5.74) is 2.18. The second-order valence-corrected chi connectivity index (χ2v) is 5.86. The molecule has 0 aliphatic carbocycles. The second kappa shape index (κ2) is 6.49. The SMILES string of the molecule is S=C=Nc1ccc(N2CCC(N3CCCC3)CC2)cc1. The predicted molar refractivity (Wildman–Crippen MR) is 87.2 cm³/mol. The van der Waals surface area contributed by atoms with Gasteiger partial charge in [-0.3, -0.25) is 0 Å². The van der Waals surface area contributed by atoms with Crippen LogP contribution in [-0.4, -0.2) is 42.3 Å². The molecule has 2 aliphatic rings. The largest absolute Gasteiger partial charge is 0.371 e. The molecule has 20 heavy (non-hydrogen) atoms. The van der Waals surface area contributed by atoms with Crippen LogP contribution in [0.4, 0.5) is 11.4 Å². The number of nitrogens with zero attached hydrogens (tertiary/aromatic N) is 3. The number of piperidine rings is 1. The highest BCUT2D eigenvalue weighted by Gasteiger charge is 2.26. The van der Waals surface area contributed by atoms with E-state index in [4.69, 9.17) is 0 Å². The molecule has 2 saturated heterocycles. The Morgan fingerprint density at radius 1 is 1.00 bits per heavy atom. The lowest BCUT2D eigenvalue weighted by Gasteiger charge is -2.37. The molecule has 0 unspecified atom stereocenters. The van der Waals surface area contributed by atoms with Gasteiger partial charge in [0.25, 0.3) is 0 Å². The maximum absolute atomic E-state index is 4.63. The lowest BCUT2D eigenvalue weighted by molar-refractivity contribution is 0.208. The van der Waals surface area contributed by atoms with E-state index >= 15 is 0 Å². The van der Waals surface area contributed by atoms with Crippen molar-refractivity contribution in [2.45, 2.75) is 31.7 Å². The minimum atomic E-state index is 0.812. The predicted octanol–water partition coefficient (Wildman–Crippen LogP) is 3.49. The Kier molecular flexibility index (Phi) is 4.46. The summed E-state index contributed by atoms with van der Waals surface area (Å²) < 4.78 is 0. The van der Waals surface area contributed by atoms with Gasteiger partial charge in [0.05, 0.1) is 10.8 Å². The maximum atomic E-state index is 4.63. The van der Waals surface area contributed by atoms with Gasteiger partial charge in [0.1, 0.15) is 0 Å². The molecule has 2 fully saturated rings. The van der Waals surface area contributed by atoms with Crippen molar-refractivity contribution in [3.05, 3.63) is 24.3 Å². The van der Waals surface area contributed by atoms with E-state index in [-0.39, 0.29) is 0 Å². The molecule has 106 valence electrons. The Balaban J connectivity index is 1.58. The van der Waals surface area contributed by atoms with Crippen molar-refractivity contribution >= 4 is 28.8 Å². The van der Waals surface area contributed by atoms with Crippen LogP contribution in [0.15, 0.2) is 29.3 Å². The van der Waals surface area contributed by atoms with Gasteiger partial charge in [-0.2, -0.15) is 4.99 Å². The fourth-order valence-electron chi connectivity index (χ4n) is 3.39. The standard InChI is InChI=1S/C16H21N3S/c20-13-17-14-3-5-15(6-4-14)19-11-7-16(8-12-19)18-9-1-2-10-18/h3-6,16H,1-2,7-12H2. The van der Waals surface area contributed by atoms with Crippen LogP contribution in [0, 0.1) is 0 Å². The third-order valence-electron chi connectivity index (χ3n) is 4.51. The summed E-state index contributed by atoms with van der Waals surface area (Å²) in [4.78, 5) is 9.17. The monoisotopic (exact) mass is 287 g/mol. The van der Waals surface area contributed by atoms with Crippen molar-refractivity contribution in [2.24, 2.45) is 4.99 Å². The number of benzene rings is 1. The van der Waals surface area contributed by atoms with Crippen LogP contribution in [0.5, 0.6) is 0 Å². The zero-order valence-electron chi connectivity index (χ0n) is 11.8. The number of rotatable bonds is 3. The summed E-state index contributed by atoms with van der Waals surface area (Å²) in [6.07, 6.45) is 5.36. The molecule has 3 nitrogen and oxygen atoms in total. The number of aliphatic imine (C=N–C) groups is 1. The first kappa shape index (κ1) is 13.7. The molecular formula is C16H21N3S. The van der Waals surface area contributed by atoms with Crippen LogP contribution in [0.1, 0.15) is 25.7 Å². The topological polar surface area (TPSA) is 18.8 Å². The Bertz CT molecular complexity index is 479. The van der Waals surface area contributed by atoms with Gasteiger partial charge in [0.15, 0.2) is 0 Å². The van der Waals surface area contributed by atoms with Gasteiger partial charge in [-0.1, -0.05) is 0 Å². The first-order valence-electron chi connectivity index (χ1n) is 7.54. The van der Waals surface area contributed by atoms with Crippen molar-refractivity contribution in [3.63, 3.8) is 0 Å². The van der Waals surface area contributed by atoms with Crippen molar-refractivity contribution in [1.82, 2.24) is 4.90 Å². The maximum Gasteiger partial charge on any atom is 0.0741 e. The molecule has 2 aliphatic heterocycles. The second-order valence-electron chi connectivity index (χ2n) is 5.68. The molecule has 0 amide bonds. The highest BCUT2D eigenvalue weighted by Crippen LogP contribution is 2.26. The molecule has 1 aromatic carbocycles. The quantitative estimate of drug-likeness (QED) is 0.626. The van der Waals surface area contributed by atoms with Gasteiger partial charge in [-0.15, -0.1) is 0 Å². The molecule has 0 radical (unpaired) electrons. The zero-order valence-corrected chi connectivity index (χ0v) is 12.6. The Labute approximate surface area is 126 Å². The third-order valence-corrected chi connectivity index (χ3v) is 4.60. The third kappa shape index (κ3) is 3.09.